The maximum absolute atomic E-state index is 11.9. The normalized spacial score (nSPS) is 10.4. The number of anilines is 1. The zero-order chi connectivity index (χ0) is 13.1. The molecule has 0 saturated carbocycles. The van der Waals surface area contributed by atoms with E-state index in [9.17, 15) is 4.79 Å². The molecule has 1 heterocycles. The van der Waals surface area contributed by atoms with E-state index < -0.39 is 0 Å². The predicted octanol–water partition coefficient (Wildman–Crippen LogP) is 2.30. The number of hydrogen-bond acceptors (Lipinski definition) is 3. The quantitative estimate of drug-likeness (QED) is 0.946. The molecule has 0 atom stereocenters. The number of carbonyl (C=O) groups excluding carboxylic acids is 1. The zero-order valence-electron chi connectivity index (χ0n) is 10.1. The van der Waals surface area contributed by atoms with Crippen molar-refractivity contribution in [2.45, 2.75) is 20.4 Å². The van der Waals surface area contributed by atoms with Gasteiger partial charge in [-0.25, -0.2) is 4.68 Å². The molecule has 1 aromatic heterocycles. The van der Waals surface area contributed by atoms with Crippen LogP contribution in [0.2, 0.25) is 0 Å². The molecule has 2 rings (SSSR count). The lowest BCUT2D eigenvalue weighted by Gasteiger charge is -2.09. The lowest BCUT2D eigenvalue weighted by atomic mass is 10.2. The highest BCUT2D eigenvalue weighted by molar-refractivity contribution is 9.10. The molecule has 0 radical (unpaired) electrons. The lowest BCUT2D eigenvalue weighted by molar-refractivity contribution is -0.117. The average molecular weight is 309 g/mol. The summed E-state index contributed by atoms with van der Waals surface area (Å²) in [6.07, 6.45) is 1.62. The number of rotatable bonds is 3. The minimum absolute atomic E-state index is 0.117. The Labute approximate surface area is 113 Å². The van der Waals surface area contributed by atoms with Crippen molar-refractivity contribution < 1.29 is 4.79 Å². The van der Waals surface area contributed by atoms with Gasteiger partial charge in [-0.2, -0.15) is 0 Å². The fraction of sp³-hybridized carbons (Fsp3) is 0.250. The van der Waals surface area contributed by atoms with E-state index in [-0.39, 0.29) is 12.5 Å². The molecule has 2 aromatic rings. The largest absolute Gasteiger partial charge is 0.324 e. The molecule has 1 amide bonds. The van der Waals surface area contributed by atoms with Crippen LogP contribution in [0.1, 0.15) is 11.3 Å². The molecule has 5 nitrogen and oxygen atoms in total. The third-order valence-electron chi connectivity index (χ3n) is 2.57. The molecule has 0 aliphatic carbocycles. The molecule has 0 saturated heterocycles. The van der Waals surface area contributed by atoms with Crippen LogP contribution in [0.25, 0.3) is 0 Å². The summed E-state index contributed by atoms with van der Waals surface area (Å²) in [4.78, 5) is 11.9. The highest BCUT2D eigenvalue weighted by atomic mass is 79.9. The van der Waals surface area contributed by atoms with Gasteiger partial charge in [0.2, 0.25) is 5.91 Å². The molecule has 0 unspecified atom stereocenters. The topological polar surface area (TPSA) is 59.8 Å². The van der Waals surface area contributed by atoms with Crippen LogP contribution >= 0.6 is 15.9 Å². The van der Waals surface area contributed by atoms with Crippen LogP contribution in [-0.2, 0) is 11.3 Å². The Morgan fingerprint density at radius 1 is 1.44 bits per heavy atom. The Hall–Kier alpha value is -1.69. The smallest absolute Gasteiger partial charge is 0.246 e. The molecule has 0 aliphatic rings. The van der Waals surface area contributed by atoms with Crippen LogP contribution in [-0.4, -0.2) is 20.9 Å². The molecular formula is C12H13BrN4O. The number of nitrogens with zero attached hydrogens (tertiary/aromatic N) is 3. The van der Waals surface area contributed by atoms with Crippen molar-refractivity contribution in [3.05, 3.63) is 40.1 Å². The standard InChI is InChI=1S/C12H13BrN4O/c1-8-5-10(13)3-4-11(8)15-12(18)7-17-9(2)6-14-16-17/h3-6H,7H2,1-2H3,(H,15,18). The summed E-state index contributed by atoms with van der Waals surface area (Å²) in [6.45, 7) is 3.97. The number of aromatic nitrogens is 3. The van der Waals surface area contributed by atoms with Gasteiger partial charge in [-0.1, -0.05) is 21.1 Å². The monoisotopic (exact) mass is 308 g/mol. The Morgan fingerprint density at radius 3 is 2.83 bits per heavy atom. The van der Waals surface area contributed by atoms with E-state index in [2.05, 4.69) is 31.6 Å². The summed E-state index contributed by atoms with van der Waals surface area (Å²) in [5.41, 5.74) is 2.67. The molecule has 1 N–H and O–H groups in total. The van der Waals surface area contributed by atoms with E-state index >= 15 is 0 Å². The number of aryl methyl sites for hydroxylation is 2. The number of hydrogen-bond donors (Lipinski definition) is 1. The van der Waals surface area contributed by atoms with Gasteiger partial charge in [0.05, 0.1) is 11.9 Å². The second kappa shape index (κ2) is 5.30. The van der Waals surface area contributed by atoms with Crippen LogP contribution in [0.4, 0.5) is 5.69 Å². The van der Waals surface area contributed by atoms with Gasteiger partial charge in [0.15, 0.2) is 0 Å². The van der Waals surface area contributed by atoms with Crippen LogP contribution in [0.3, 0.4) is 0 Å². The van der Waals surface area contributed by atoms with E-state index in [1.54, 1.807) is 10.9 Å². The summed E-state index contributed by atoms with van der Waals surface area (Å²) < 4.78 is 2.55. The van der Waals surface area contributed by atoms with Gasteiger partial charge in [0.25, 0.3) is 0 Å². The summed E-state index contributed by atoms with van der Waals surface area (Å²) in [5, 5.41) is 10.4. The zero-order valence-corrected chi connectivity index (χ0v) is 11.7. The summed E-state index contributed by atoms with van der Waals surface area (Å²) in [5.74, 6) is -0.117. The minimum atomic E-state index is -0.117. The van der Waals surface area contributed by atoms with E-state index in [1.165, 1.54) is 0 Å². The minimum Gasteiger partial charge on any atom is -0.324 e. The predicted molar refractivity (Wildman–Crippen MR) is 72.3 cm³/mol. The van der Waals surface area contributed by atoms with Crippen molar-refractivity contribution in [2.24, 2.45) is 0 Å². The first kappa shape index (κ1) is 12.8. The van der Waals surface area contributed by atoms with E-state index in [1.807, 2.05) is 32.0 Å². The van der Waals surface area contributed by atoms with Gasteiger partial charge in [-0.3, -0.25) is 4.79 Å². The first-order valence-corrected chi connectivity index (χ1v) is 6.26. The van der Waals surface area contributed by atoms with Gasteiger partial charge < -0.3 is 5.32 Å². The van der Waals surface area contributed by atoms with Gasteiger partial charge in [-0.05, 0) is 37.6 Å². The van der Waals surface area contributed by atoms with Crippen molar-refractivity contribution in [1.29, 1.82) is 0 Å². The number of amides is 1. The molecule has 0 bridgehead atoms. The van der Waals surface area contributed by atoms with Crippen molar-refractivity contribution in [1.82, 2.24) is 15.0 Å². The Morgan fingerprint density at radius 2 is 2.22 bits per heavy atom. The summed E-state index contributed by atoms with van der Waals surface area (Å²) >= 11 is 3.39. The van der Waals surface area contributed by atoms with Gasteiger partial charge in [0.1, 0.15) is 6.54 Å². The van der Waals surface area contributed by atoms with Gasteiger partial charge >= 0.3 is 0 Å². The average Bonchev–Trinajstić information content (AvgIpc) is 2.69. The number of benzene rings is 1. The Bertz CT molecular complexity index is 579. The van der Waals surface area contributed by atoms with Crippen LogP contribution in [0.15, 0.2) is 28.9 Å². The first-order chi connectivity index (χ1) is 8.56. The van der Waals surface area contributed by atoms with Gasteiger partial charge in [-0.15, -0.1) is 5.10 Å². The molecule has 0 fully saturated rings. The second-order valence-electron chi connectivity index (χ2n) is 4.04. The molecular weight excluding hydrogens is 296 g/mol. The van der Waals surface area contributed by atoms with Crippen molar-refractivity contribution in [3.8, 4) is 0 Å². The molecule has 0 spiro atoms. The summed E-state index contributed by atoms with van der Waals surface area (Å²) in [7, 11) is 0. The fourth-order valence-electron chi connectivity index (χ4n) is 1.56. The Balaban J connectivity index is 2.05. The van der Waals surface area contributed by atoms with E-state index in [4.69, 9.17) is 0 Å². The van der Waals surface area contributed by atoms with Crippen molar-refractivity contribution in [2.75, 3.05) is 5.32 Å². The number of nitrogens with one attached hydrogen (secondary N) is 1. The molecule has 1 aromatic carbocycles. The maximum atomic E-state index is 11.9. The molecule has 6 heteroatoms. The molecule has 94 valence electrons. The highest BCUT2D eigenvalue weighted by Gasteiger charge is 2.08. The fourth-order valence-corrected chi connectivity index (χ4v) is 2.03. The number of carbonyl (C=O) groups is 1. The maximum Gasteiger partial charge on any atom is 0.246 e. The van der Waals surface area contributed by atoms with Gasteiger partial charge in [0, 0.05) is 10.2 Å². The summed E-state index contributed by atoms with van der Waals surface area (Å²) in [6, 6.07) is 5.71. The van der Waals surface area contributed by atoms with Crippen LogP contribution < -0.4 is 5.32 Å². The number of halogens is 1. The third-order valence-corrected chi connectivity index (χ3v) is 3.06. The van der Waals surface area contributed by atoms with Crippen molar-refractivity contribution in [3.63, 3.8) is 0 Å². The molecule has 18 heavy (non-hydrogen) atoms. The Kier molecular flexibility index (Phi) is 3.76. The molecule has 0 aliphatic heterocycles. The van der Waals surface area contributed by atoms with Crippen molar-refractivity contribution >= 4 is 27.5 Å². The SMILES string of the molecule is Cc1cc(Br)ccc1NC(=O)Cn1nncc1C. The highest BCUT2D eigenvalue weighted by Crippen LogP contribution is 2.19. The second-order valence-corrected chi connectivity index (χ2v) is 4.96. The van der Waals surface area contributed by atoms with E-state index in [0.29, 0.717) is 0 Å². The van der Waals surface area contributed by atoms with Crippen LogP contribution in [0, 0.1) is 13.8 Å². The first-order valence-electron chi connectivity index (χ1n) is 5.47. The van der Waals surface area contributed by atoms with E-state index in [0.717, 1.165) is 21.4 Å². The third kappa shape index (κ3) is 2.95. The van der Waals surface area contributed by atoms with Crippen LogP contribution in [0.5, 0.6) is 0 Å². The lowest BCUT2D eigenvalue weighted by Crippen LogP contribution is -2.20.